The van der Waals surface area contributed by atoms with E-state index in [0.717, 1.165) is 31.4 Å². The average molecular weight is 348 g/mol. The highest BCUT2D eigenvalue weighted by Gasteiger charge is 2.32. The highest BCUT2D eigenvalue weighted by atomic mass is 16.2. The second-order valence-electron chi connectivity index (χ2n) is 6.62. The maximum absolute atomic E-state index is 12.8. The number of hydrogen-bond donors (Lipinski definition) is 1. The van der Waals surface area contributed by atoms with Gasteiger partial charge in [0, 0.05) is 18.3 Å². The molecule has 2 amide bonds. The molecule has 4 nitrogen and oxygen atoms in total. The molecule has 0 saturated heterocycles. The summed E-state index contributed by atoms with van der Waals surface area (Å²) in [6.45, 7) is 4.20. The Labute approximate surface area is 154 Å². The summed E-state index contributed by atoms with van der Waals surface area (Å²) >= 11 is 0. The molecule has 0 spiro atoms. The molecule has 2 aromatic carbocycles. The molecule has 4 heteroatoms. The molecule has 0 aromatic heterocycles. The zero-order valence-electron chi connectivity index (χ0n) is 14.9. The van der Waals surface area contributed by atoms with Crippen molar-refractivity contribution < 1.29 is 9.59 Å². The third-order valence-electron chi connectivity index (χ3n) is 4.53. The molecule has 0 unspecified atom stereocenters. The van der Waals surface area contributed by atoms with Gasteiger partial charge in [0.05, 0.1) is 6.42 Å². The highest BCUT2D eigenvalue weighted by Crippen LogP contribution is 2.28. The summed E-state index contributed by atoms with van der Waals surface area (Å²) in [6, 6.07) is 18.1. The lowest BCUT2D eigenvalue weighted by Gasteiger charge is -2.23. The van der Waals surface area contributed by atoms with Crippen LogP contribution in [-0.2, 0) is 22.4 Å². The van der Waals surface area contributed by atoms with E-state index in [1.807, 2.05) is 47.4 Å². The van der Waals surface area contributed by atoms with E-state index in [9.17, 15) is 9.59 Å². The number of benzene rings is 2. The molecule has 1 aliphatic rings. The minimum absolute atomic E-state index is 0.149. The van der Waals surface area contributed by atoms with Crippen LogP contribution in [0.3, 0.4) is 0 Å². The fourth-order valence-electron chi connectivity index (χ4n) is 3.02. The number of nitrogens with one attached hydrogen (secondary N) is 1. The van der Waals surface area contributed by atoms with Crippen molar-refractivity contribution in [3.8, 4) is 0 Å². The predicted molar refractivity (Wildman–Crippen MR) is 104 cm³/mol. The third-order valence-corrected chi connectivity index (χ3v) is 4.53. The lowest BCUT2D eigenvalue weighted by Crippen LogP contribution is -2.36. The van der Waals surface area contributed by atoms with Crippen molar-refractivity contribution >= 4 is 17.5 Å². The van der Waals surface area contributed by atoms with Crippen LogP contribution in [0, 0.1) is 0 Å². The number of anilines is 1. The van der Waals surface area contributed by atoms with Crippen molar-refractivity contribution in [1.82, 2.24) is 4.90 Å². The smallest absolute Gasteiger partial charge is 0.247 e. The molecule has 0 atom stereocenters. The summed E-state index contributed by atoms with van der Waals surface area (Å²) in [6.07, 6.45) is 4.64. The van der Waals surface area contributed by atoms with Crippen molar-refractivity contribution in [3.63, 3.8) is 0 Å². The van der Waals surface area contributed by atoms with Gasteiger partial charge in [-0.3, -0.25) is 9.59 Å². The van der Waals surface area contributed by atoms with Gasteiger partial charge >= 0.3 is 0 Å². The van der Waals surface area contributed by atoms with Gasteiger partial charge < -0.3 is 10.2 Å². The van der Waals surface area contributed by atoms with Crippen molar-refractivity contribution in [3.05, 3.63) is 78.4 Å². The molecule has 0 aliphatic heterocycles. The summed E-state index contributed by atoms with van der Waals surface area (Å²) in [5, 5.41) is 2.73. The van der Waals surface area contributed by atoms with Crippen LogP contribution in [0.25, 0.3) is 0 Å². The Morgan fingerprint density at radius 2 is 1.81 bits per heavy atom. The van der Waals surface area contributed by atoms with Gasteiger partial charge in [0.15, 0.2) is 0 Å². The Hall–Kier alpha value is -2.88. The van der Waals surface area contributed by atoms with Gasteiger partial charge in [0.2, 0.25) is 11.8 Å². The molecule has 26 heavy (non-hydrogen) atoms. The maximum Gasteiger partial charge on any atom is 0.247 e. The lowest BCUT2D eigenvalue weighted by molar-refractivity contribution is -0.131. The molecule has 0 radical (unpaired) electrons. The molecule has 0 heterocycles. The van der Waals surface area contributed by atoms with Crippen LogP contribution in [-0.4, -0.2) is 29.3 Å². The summed E-state index contributed by atoms with van der Waals surface area (Å²) in [5.41, 5.74) is 2.84. The standard InChI is InChI=1S/C22H24N2O2/c1-2-21(25)23-19-10-6-9-18(15-19)16-22(26)24(20-11-12-20)14-13-17-7-4-3-5-8-17/h2-10,15,20H,1,11-14,16H2,(H,23,25). The van der Waals surface area contributed by atoms with E-state index >= 15 is 0 Å². The van der Waals surface area contributed by atoms with E-state index in [0.29, 0.717) is 18.2 Å². The molecule has 1 fully saturated rings. The predicted octanol–water partition coefficient (Wildman–Crippen LogP) is 3.59. The van der Waals surface area contributed by atoms with Gasteiger partial charge in [-0.15, -0.1) is 0 Å². The fourth-order valence-corrected chi connectivity index (χ4v) is 3.02. The Bertz CT molecular complexity index is 782. The monoisotopic (exact) mass is 348 g/mol. The fraction of sp³-hybridized carbons (Fsp3) is 0.273. The summed E-state index contributed by atoms with van der Waals surface area (Å²) < 4.78 is 0. The van der Waals surface area contributed by atoms with Crippen LogP contribution >= 0.6 is 0 Å². The van der Waals surface area contributed by atoms with Gasteiger partial charge in [0.25, 0.3) is 0 Å². The zero-order valence-corrected chi connectivity index (χ0v) is 14.9. The minimum atomic E-state index is -0.254. The van der Waals surface area contributed by atoms with Crippen LogP contribution in [0.2, 0.25) is 0 Å². The minimum Gasteiger partial charge on any atom is -0.339 e. The summed E-state index contributed by atoms with van der Waals surface area (Å²) in [7, 11) is 0. The van der Waals surface area contributed by atoms with Crippen molar-refractivity contribution in [2.24, 2.45) is 0 Å². The van der Waals surface area contributed by atoms with Gasteiger partial charge in [-0.25, -0.2) is 0 Å². The van der Waals surface area contributed by atoms with Gasteiger partial charge in [-0.05, 0) is 48.6 Å². The first-order chi connectivity index (χ1) is 12.7. The molecular weight excluding hydrogens is 324 g/mol. The Morgan fingerprint density at radius 1 is 1.08 bits per heavy atom. The maximum atomic E-state index is 12.8. The Balaban J connectivity index is 1.62. The summed E-state index contributed by atoms with van der Waals surface area (Å²) in [4.78, 5) is 26.3. The molecule has 1 saturated carbocycles. The lowest BCUT2D eigenvalue weighted by atomic mass is 10.1. The number of carbonyl (C=O) groups is 2. The number of hydrogen-bond acceptors (Lipinski definition) is 2. The molecule has 0 bridgehead atoms. The van der Waals surface area contributed by atoms with Gasteiger partial charge in [0.1, 0.15) is 0 Å². The number of rotatable bonds is 8. The third kappa shape index (κ3) is 5.06. The van der Waals surface area contributed by atoms with Crippen LogP contribution in [0.4, 0.5) is 5.69 Å². The second kappa shape index (κ2) is 8.48. The summed E-state index contributed by atoms with van der Waals surface area (Å²) in [5.74, 6) is -0.105. The quantitative estimate of drug-likeness (QED) is 0.741. The van der Waals surface area contributed by atoms with E-state index in [-0.39, 0.29) is 11.8 Å². The topological polar surface area (TPSA) is 49.4 Å². The van der Waals surface area contributed by atoms with Gasteiger partial charge in [-0.1, -0.05) is 49.0 Å². The van der Waals surface area contributed by atoms with Gasteiger partial charge in [-0.2, -0.15) is 0 Å². The SMILES string of the molecule is C=CC(=O)Nc1cccc(CC(=O)N(CCc2ccccc2)C2CC2)c1. The van der Waals surface area contributed by atoms with E-state index in [2.05, 4.69) is 24.0 Å². The normalized spacial score (nSPS) is 13.1. The van der Waals surface area contributed by atoms with E-state index in [4.69, 9.17) is 0 Å². The van der Waals surface area contributed by atoms with Crippen molar-refractivity contribution in [2.45, 2.75) is 31.7 Å². The molecule has 1 N–H and O–H groups in total. The number of nitrogens with zero attached hydrogens (tertiary/aromatic N) is 1. The van der Waals surface area contributed by atoms with Crippen LogP contribution in [0.15, 0.2) is 67.3 Å². The first kappa shape index (κ1) is 17.9. The van der Waals surface area contributed by atoms with Crippen LogP contribution in [0.5, 0.6) is 0 Å². The second-order valence-corrected chi connectivity index (χ2v) is 6.62. The molecule has 2 aromatic rings. The van der Waals surface area contributed by atoms with E-state index in [1.165, 1.54) is 11.6 Å². The number of carbonyl (C=O) groups excluding carboxylic acids is 2. The molecule has 3 rings (SSSR count). The Morgan fingerprint density at radius 3 is 2.50 bits per heavy atom. The largest absolute Gasteiger partial charge is 0.339 e. The first-order valence-electron chi connectivity index (χ1n) is 9.01. The first-order valence-corrected chi connectivity index (χ1v) is 9.01. The van der Waals surface area contributed by atoms with Crippen LogP contribution in [0.1, 0.15) is 24.0 Å². The van der Waals surface area contributed by atoms with Crippen LogP contribution < -0.4 is 5.32 Å². The van der Waals surface area contributed by atoms with Crippen molar-refractivity contribution in [2.75, 3.05) is 11.9 Å². The van der Waals surface area contributed by atoms with E-state index in [1.54, 1.807) is 0 Å². The average Bonchev–Trinajstić information content (AvgIpc) is 3.48. The van der Waals surface area contributed by atoms with Crippen molar-refractivity contribution in [1.29, 1.82) is 0 Å². The molecular formula is C22H24N2O2. The van der Waals surface area contributed by atoms with E-state index < -0.39 is 0 Å². The molecule has 134 valence electrons. The Kier molecular flexibility index (Phi) is 5.84. The highest BCUT2D eigenvalue weighted by molar-refractivity contribution is 5.98. The molecule has 1 aliphatic carbocycles. The number of amides is 2. The zero-order chi connectivity index (χ0) is 18.4.